The molecule has 3 rings (SSSR count). The Hall–Kier alpha value is -1.88. The van der Waals surface area contributed by atoms with E-state index in [1.807, 2.05) is 18.2 Å². The highest BCUT2D eigenvalue weighted by molar-refractivity contribution is 5.35. The van der Waals surface area contributed by atoms with Crippen molar-refractivity contribution >= 4 is 0 Å². The third-order valence-electron chi connectivity index (χ3n) is 6.55. The summed E-state index contributed by atoms with van der Waals surface area (Å²) in [5.74, 6) is 1.48. The minimum atomic E-state index is -0.938. The van der Waals surface area contributed by atoms with Crippen molar-refractivity contribution in [3.63, 3.8) is 0 Å². The largest absolute Gasteiger partial charge is 0.494 e. The molecule has 176 valence electrons. The molecule has 1 fully saturated rings. The Labute approximate surface area is 194 Å². The quantitative estimate of drug-likeness (QED) is 0.467. The van der Waals surface area contributed by atoms with E-state index in [1.165, 1.54) is 5.56 Å². The second-order valence-corrected chi connectivity index (χ2v) is 9.46. The molecule has 1 saturated heterocycles. The number of rotatable bonds is 12. The molecule has 0 bridgehead atoms. The molecule has 0 radical (unpaired) electrons. The molecule has 1 heterocycles. The fourth-order valence-corrected chi connectivity index (χ4v) is 4.48. The molecular formula is C28H41NO3. The van der Waals surface area contributed by atoms with Gasteiger partial charge >= 0.3 is 0 Å². The van der Waals surface area contributed by atoms with Crippen LogP contribution < -0.4 is 4.74 Å². The van der Waals surface area contributed by atoms with E-state index in [0.29, 0.717) is 5.92 Å². The van der Waals surface area contributed by atoms with Gasteiger partial charge in [-0.1, -0.05) is 76.1 Å². The van der Waals surface area contributed by atoms with Gasteiger partial charge in [0.2, 0.25) is 0 Å². The van der Waals surface area contributed by atoms with Crippen LogP contribution in [0, 0.1) is 5.92 Å². The zero-order chi connectivity index (χ0) is 22.8. The lowest BCUT2D eigenvalue weighted by molar-refractivity contribution is -0.0294. The molecule has 1 aliphatic rings. The average molecular weight is 440 g/mol. The zero-order valence-electron chi connectivity index (χ0n) is 20.1. The summed E-state index contributed by atoms with van der Waals surface area (Å²) in [5, 5.41) is 12.3. The van der Waals surface area contributed by atoms with Crippen molar-refractivity contribution in [3.05, 3.63) is 65.7 Å². The number of hydrogen-bond donors (Lipinski definition) is 1. The molecule has 1 N–H and O–H groups in total. The maximum atomic E-state index is 12.3. The third-order valence-corrected chi connectivity index (χ3v) is 6.55. The summed E-state index contributed by atoms with van der Waals surface area (Å²) in [6, 6.07) is 18.7. The number of hydrogen-bond acceptors (Lipinski definition) is 4. The van der Waals surface area contributed by atoms with Gasteiger partial charge < -0.3 is 14.6 Å². The normalized spacial score (nSPS) is 17.8. The molecule has 2 aromatic rings. The molecular weight excluding hydrogens is 398 g/mol. The van der Waals surface area contributed by atoms with Crippen LogP contribution in [0.3, 0.4) is 0 Å². The average Bonchev–Trinajstić information content (AvgIpc) is 2.82. The minimum Gasteiger partial charge on any atom is -0.494 e. The molecule has 1 aliphatic heterocycles. The molecule has 2 atom stereocenters. The molecule has 0 aliphatic carbocycles. The topological polar surface area (TPSA) is 41.9 Å². The van der Waals surface area contributed by atoms with Crippen molar-refractivity contribution in [1.29, 1.82) is 0 Å². The highest BCUT2D eigenvalue weighted by Gasteiger charge is 2.40. The number of benzene rings is 2. The van der Waals surface area contributed by atoms with Gasteiger partial charge in [0.05, 0.1) is 25.4 Å². The van der Waals surface area contributed by atoms with E-state index in [9.17, 15) is 5.11 Å². The molecule has 4 nitrogen and oxygen atoms in total. The fraction of sp³-hybridized carbons (Fsp3) is 0.571. The van der Waals surface area contributed by atoms with Crippen molar-refractivity contribution in [3.8, 4) is 5.75 Å². The first-order valence-electron chi connectivity index (χ1n) is 12.3. The number of unbranched alkanes of at least 4 members (excludes halogenated alkanes) is 1. The molecule has 0 unspecified atom stereocenters. The van der Waals surface area contributed by atoms with Gasteiger partial charge in [-0.15, -0.1) is 0 Å². The van der Waals surface area contributed by atoms with Gasteiger partial charge in [-0.05, 0) is 42.0 Å². The Bertz CT molecular complexity index is 771. The van der Waals surface area contributed by atoms with Gasteiger partial charge in [-0.3, -0.25) is 4.90 Å². The van der Waals surface area contributed by atoms with Gasteiger partial charge in [-0.2, -0.15) is 0 Å². The second-order valence-electron chi connectivity index (χ2n) is 9.46. The van der Waals surface area contributed by atoms with Gasteiger partial charge in [0.15, 0.2) is 0 Å². The Morgan fingerprint density at radius 1 is 1.03 bits per heavy atom. The van der Waals surface area contributed by atoms with Crippen LogP contribution >= 0.6 is 0 Å². The molecule has 0 aromatic heterocycles. The standard InChI is InChI=1S/C28H41NO3/c1-4-5-16-28(30,25-11-13-26(14-12-25)32-19-15-23(2)3)27(24-9-7-6-8-10-24)22-29-17-20-31-21-18-29/h6-14,23,27,30H,4-5,15-22H2,1-3H3/t27-,28+/m1/s1. The van der Waals surface area contributed by atoms with E-state index in [1.54, 1.807) is 0 Å². The number of nitrogens with zero attached hydrogens (tertiary/aromatic N) is 1. The predicted octanol–water partition coefficient (Wildman–Crippen LogP) is 5.61. The first-order chi connectivity index (χ1) is 15.5. The van der Waals surface area contributed by atoms with Crippen molar-refractivity contribution in [1.82, 2.24) is 4.90 Å². The Morgan fingerprint density at radius 2 is 1.72 bits per heavy atom. The predicted molar refractivity (Wildman–Crippen MR) is 131 cm³/mol. The monoisotopic (exact) mass is 439 g/mol. The molecule has 0 saturated carbocycles. The fourth-order valence-electron chi connectivity index (χ4n) is 4.48. The van der Waals surface area contributed by atoms with Crippen molar-refractivity contribution in [2.24, 2.45) is 5.92 Å². The minimum absolute atomic E-state index is 0.0129. The molecule has 32 heavy (non-hydrogen) atoms. The maximum absolute atomic E-state index is 12.3. The van der Waals surface area contributed by atoms with E-state index in [2.05, 4.69) is 62.1 Å². The zero-order valence-corrected chi connectivity index (χ0v) is 20.1. The van der Waals surface area contributed by atoms with Gasteiger partial charge in [0.25, 0.3) is 0 Å². The van der Waals surface area contributed by atoms with Gasteiger partial charge in [0, 0.05) is 25.6 Å². The van der Waals surface area contributed by atoms with E-state index in [4.69, 9.17) is 9.47 Å². The lowest BCUT2D eigenvalue weighted by atomic mass is 9.74. The highest BCUT2D eigenvalue weighted by atomic mass is 16.5. The number of ether oxygens (including phenoxy) is 2. The van der Waals surface area contributed by atoms with Crippen LogP contribution in [-0.4, -0.2) is 49.5 Å². The van der Waals surface area contributed by atoms with Crippen molar-refractivity contribution < 1.29 is 14.6 Å². The lowest BCUT2D eigenvalue weighted by Gasteiger charge is -2.41. The molecule has 0 spiro atoms. The molecule has 2 aromatic carbocycles. The Balaban J connectivity index is 1.88. The Kier molecular flexibility index (Phi) is 9.58. The van der Waals surface area contributed by atoms with E-state index >= 15 is 0 Å². The summed E-state index contributed by atoms with van der Waals surface area (Å²) in [7, 11) is 0. The SMILES string of the molecule is CCCC[C@](O)(c1ccc(OCCC(C)C)cc1)[C@H](CN1CCOCC1)c1ccccc1. The summed E-state index contributed by atoms with van der Waals surface area (Å²) in [6.07, 6.45) is 3.81. The van der Waals surface area contributed by atoms with Crippen LogP contribution in [0.15, 0.2) is 54.6 Å². The molecule has 4 heteroatoms. The lowest BCUT2D eigenvalue weighted by Crippen LogP contribution is -2.45. The number of aliphatic hydroxyl groups is 1. The summed E-state index contributed by atoms with van der Waals surface area (Å²) in [6.45, 7) is 11.5. The van der Waals surface area contributed by atoms with E-state index < -0.39 is 5.60 Å². The molecule has 0 amide bonds. The van der Waals surface area contributed by atoms with Crippen LogP contribution in [0.5, 0.6) is 5.75 Å². The first-order valence-corrected chi connectivity index (χ1v) is 12.3. The van der Waals surface area contributed by atoms with Crippen molar-refractivity contribution in [2.75, 3.05) is 39.5 Å². The van der Waals surface area contributed by atoms with Crippen molar-refractivity contribution in [2.45, 2.75) is 58.0 Å². The summed E-state index contributed by atoms with van der Waals surface area (Å²) < 4.78 is 11.5. The van der Waals surface area contributed by atoms with E-state index in [0.717, 1.165) is 76.5 Å². The van der Waals surface area contributed by atoms with Gasteiger partial charge in [-0.25, -0.2) is 0 Å². The van der Waals surface area contributed by atoms with Crippen LogP contribution in [0.4, 0.5) is 0 Å². The maximum Gasteiger partial charge on any atom is 0.119 e. The Morgan fingerprint density at radius 3 is 2.34 bits per heavy atom. The van der Waals surface area contributed by atoms with Crippen LogP contribution in [-0.2, 0) is 10.3 Å². The van der Waals surface area contributed by atoms with Crippen LogP contribution in [0.25, 0.3) is 0 Å². The number of morpholine rings is 1. The van der Waals surface area contributed by atoms with Gasteiger partial charge in [0.1, 0.15) is 5.75 Å². The smallest absolute Gasteiger partial charge is 0.119 e. The summed E-state index contributed by atoms with van der Waals surface area (Å²) in [5.41, 5.74) is 1.23. The summed E-state index contributed by atoms with van der Waals surface area (Å²) >= 11 is 0. The summed E-state index contributed by atoms with van der Waals surface area (Å²) in [4.78, 5) is 2.43. The van der Waals surface area contributed by atoms with Crippen LogP contribution in [0.1, 0.15) is 63.5 Å². The first kappa shape index (κ1) is 24.8. The third kappa shape index (κ3) is 6.81. The van der Waals surface area contributed by atoms with E-state index in [-0.39, 0.29) is 5.92 Å². The highest BCUT2D eigenvalue weighted by Crippen LogP contribution is 2.42. The second kappa shape index (κ2) is 12.4. The van der Waals surface area contributed by atoms with Crippen LogP contribution in [0.2, 0.25) is 0 Å².